The Bertz CT molecular complexity index is 957. The van der Waals surface area contributed by atoms with E-state index in [9.17, 15) is 9.18 Å². The normalized spacial score (nSPS) is 11.6. The summed E-state index contributed by atoms with van der Waals surface area (Å²) in [5.41, 5.74) is 8.03. The predicted molar refractivity (Wildman–Crippen MR) is 92.1 cm³/mol. The van der Waals surface area contributed by atoms with Crippen molar-refractivity contribution in [1.29, 1.82) is 0 Å². The van der Waals surface area contributed by atoms with E-state index < -0.39 is 11.8 Å². The number of carbonyl (C=O) groups excluding carboxylic acids is 1. The number of amidine groups is 1. The van der Waals surface area contributed by atoms with Crippen LogP contribution in [0.3, 0.4) is 0 Å². The van der Waals surface area contributed by atoms with Crippen LogP contribution in [-0.2, 0) is 11.4 Å². The van der Waals surface area contributed by atoms with Gasteiger partial charge in [-0.05, 0) is 56.3 Å². The molecular formula is C18H17FN4O3. The molecule has 134 valence electrons. The molecule has 0 aliphatic carbocycles. The Kier molecular flexibility index (Phi) is 4.83. The van der Waals surface area contributed by atoms with Gasteiger partial charge in [-0.3, -0.25) is 4.68 Å². The highest BCUT2D eigenvalue weighted by molar-refractivity contribution is 5.97. The zero-order valence-corrected chi connectivity index (χ0v) is 14.3. The van der Waals surface area contributed by atoms with Crippen molar-refractivity contribution in [1.82, 2.24) is 9.78 Å². The molecule has 0 saturated carbocycles. The summed E-state index contributed by atoms with van der Waals surface area (Å²) in [4.78, 5) is 16.8. The topological polar surface area (TPSA) is 95.6 Å². The first-order valence-corrected chi connectivity index (χ1v) is 7.83. The quantitative estimate of drug-likeness (QED) is 0.328. The van der Waals surface area contributed by atoms with Crippen molar-refractivity contribution in [2.75, 3.05) is 0 Å². The first-order valence-electron chi connectivity index (χ1n) is 7.83. The van der Waals surface area contributed by atoms with Crippen LogP contribution in [0, 0.1) is 19.7 Å². The Morgan fingerprint density at radius 3 is 2.65 bits per heavy atom. The first-order chi connectivity index (χ1) is 12.4. The number of nitrogens with two attached hydrogens (primary N) is 1. The van der Waals surface area contributed by atoms with Crippen LogP contribution in [0.15, 0.2) is 52.0 Å². The van der Waals surface area contributed by atoms with Gasteiger partial charge in [0.25, 0.3) is 0 Å². The molecule has 0 spiro atoms. The minimum Gasteiger partial charge on any atom is -0.452 e. The van der Waals surface area contributed by atoms with E-state index in [2.05, 4.69) is 10.3 Å². The molecular weight excluding hydrogens is 339 g/mol. The van der Waals surface area contributed by atoms with E-state index >= 15 is 0 Å². The van der Waals surface area contributed by atoms with Gasteiger partial charge in [0.15, 0.2) is 5.84 Å². The summed E-state index contributed by atoms with van der Waals surface area (Å²) in [6.07, 6.45) is 0. The molecule has 26 heavy (non-hydrogen) atoms. The van der Waals surface area contributed by atoms with Crippen molar-refractivity contribution in [3.8, 4) is 0 Å². The molecule has 2 heterocycles. The molecule has 8 heteroatoms. The number of hydrogen-bond acceptors (Lipinski definition) is 5. The predicted octanol–water partition coefficient (Wildman–Crippen LogP) is 2.76. The Labute approximate surface area is 148 Å². The fourth-order valence-corrected chi connectivity index (χ4v) is 2.36. The van der Waals surface area contributed by atoms with E-state index in [-0.39, 0.29) is 11.6 Å². The van der Waals surface area contributed by atoms with Crippen LogP contribution in [0.25, 0.3) is 0 Å². The van der Waals surface area contributed by atoms with E-state index in [1.54, 1.807) is 10.7 Å². The number of halogens is 1. The van der Waals surface area contributed by atoms with Crippen LogP contribution in [0.4, 0.5) is 4.39 Å². The summed E-state index contributed by atoms with van der Waals surface area (Å²) in [6.45, 7) is 4.23. The number of carbonyl (C=O) groups is 1. The lowest BCUT2D eigenvalue weighted by molar-refractivity contribution is 0.0477. The highest BCUT2D eigenvalue weighted by Gasteiger charge is 2.14. The molecule has 0 radical (unpaired) electrons. The third-order valence-corrected chi connectivity index (χ3v) is 3.64. The number of nitrogens with zero attached hydrogens (tertiary/aromatic N) is 3. The summed E-state index contributed by atoms with van der Waals surface area (Å²) < 4.78 is 20.1. The average molecular weight is 356 g/mol. The van der Waals surface area contributed by atoms with Gasteiger partial charge in [-0.15, -0.1) is 0 Å². The van der Waals surface area contributed by atoms with Crippen molar-refractivity contribution in [2.24, 2.45) is 10.9 Å². The van der Waals surface area contributed by atoms with Crippen molar-refractivity contribution in [3.63, 3.8) is 0 Å². The fourth-order valence-electron chi connectivity index (χ4n) is 2.36. The first kappa shape index (κ1) is 17.4. The highest BCUT2D eigenvalue weighted by Crippen LogP contribution is 2.13. The van der Waals surface area contributed by atoms with Crippen LogP contribution in [0.1, 0.15) is 33.3 Å². The van der Waals surface area contributed by atoms with Crippen LogP contribution in [0.5, 0.6) is 0 Å². The number of hydrogen-bond donors (Lipinski definition) is 1. The molecule has 0 bridgehead atoms. The van der Waals surface area contributed by atoms with E-state index in [0.717, 1.165) is 11.4 Å². The second-order valence-corrected chi connectivity index (χ2v) is 5.71. The zero-order chi connectivity index (χ0) is 18.7. The summed E-state index contributed by atoms with van der Waals surface area (Å²) in [6, 6.07) is 10.4. The molecule has 3 rings (SSSR count). The van der Waals surface area contributed by atoms with E-state index in [1.807, 2.05) is 19.9 Å². The summed E-state index contributed by atoms with van der Waals surface area (Å²) >= 11 is 0. The van der Waals surface area contributed by atoms with Crippen LogP contribution >= 0.6 is 0 Å². The molecule has 3 aromatic rings. The highest BCUT2D eigenvalue weighted by atomic mass is 19.1. The lowest BCUT2D eigenvalue weighted by Gasteiger charge is -2.01. The lowest BCUT2D eigenvalue weighted by atomic mass is 10.2. The summed E-state index contributed by atoms with van der Waals surface area (Å²) in [5, 5.41) is 7.89. The van der Waals surface area contributed by atoms with E-state index in [0.29, 0.717) is 17.9 Å². The minimum atomic E-state index is -0.783. The molecule has 1 aromatic carbocycles. The molecule has 2 N–H and O–H groups in total. The van der Waals surface area contributed by atoms with Crippen molar-refractivity contribution in [3.05, 3.63) is 76.8 Å². The smallest absolute Gasteiger partial charge is 0.400 e. The molecule has 7 nitrogen and oxygen atoms in total. The summed E-state index contributed by atoms with van der Waals surface area (Å²) in [5.74, 6) is -0.678. The number of benzene rings is 1. The Balaban J connectivity index is 1.65. The second-order valence-electron chi connectivity index (χ2n) is 5.71. The van der Waals surface area contributed by atoms with Gasteiger partial charge < -0.3 is 15.0 Å². The SMILES string of the molecule is Cc1cc(C)n(Cc2ccc(C(=O)O/N=C(\N)c3ccc(F)cc3)o2)n1. The zero-order valence-electron chi connectivity index (χ0n) is 14.3. The molecule has 0 aliphatic rings. The Hall–Kier alpha value is -3.42. The molecule has 0 saturated heterocycles. The van der Waals surface area contributed by atoms with E-state index in [1.165, 1.54) is 30.3 Å². The molecule has 0 amide bonds. The van der Waals surface area contributed by atoms with Crippen LogP contribution in [0.2, 0.25) is 0 Å². The number of aryl methyl sites for hydroxylation is 2. The van der Waals surface area contributed by atoms with Gasteiger partial charge in [0.05, 0.1) is 12.2 Å². The Morgan fingerprint density at radius 2 is 2.00 bits per heavy atom. The maximum Gasteiger partial charge on any atom is 0.400 e. The maximum atomic E-state index is 12.9. The van der Waals surface area contributed by atoms with Gasteiger partial charge in [0.2, 0.25) is 5.76 Å². The molecule has 0 aliphatic heterocycles. The fraction of sp³-hybridized carbons (Fsp3) is 0.167. The number of aromatic nitrogens is 2. The summed E-state index contributed by atoms with van der Waals surface area (Å²) in [7, 11) is 0. The molecule has 0 fully saturated rings. The second kappa shape index (κ2) is 7.22. The van der Waals surface area contributed by atoms with Gasteiger partial charge in [0.1, 0.15) is 11.6 Å². The van der Waals surface area contributed by atoms with Crippen molar-refractivity contribution < 1.29 is 18.4 Å². The average Bonchev–Trinajstić information content (AvgIpc) is 3.20. The largest absolute Gasteiger partial charge is 0.452 e. The number of rotatable bonds is 5. The number of furan rings is 1. The molecule has 0 unspecified atom stereocenters. The molecule has 2 aromatic heterocycles. The van der Waals surface area contributed by atoms with Gasteiger partial charge in [-0.2, -0.15) is 5.10 Å². The Morgan fingerprint density at radius 1 is 1.27 bits per heavy atom. The minimum absolute atomic E-state index is 0.00260. The van der Waals surface area contributed by atoms with Crippen LogP contribution < -0.4 is 5.73 Å². The maximum absolute atomic E-state index is 12.9. The van der Waals surface area contributed by atoms with Crippen molar-refractivity contribution >= 4 is 11.8 Å². The van der Waals surface area contributed by atoms with Gasteiger partial charge in [0, 0.05) is 11.3 Å². The monoisotopic (exact) mass is 356 g/mol. The van der Waals surface area contributed by atoms with Crippen molar-refractivity contribution in [2.45, 2.75) is 20.4 Å². The van der Waals surface area contributed by atoms with Crippen LogP contribution in [-0.4, -0.2) is 21.6 Å². The standard InChI is InChI=1S/C18H17FN4O3/c1-11-9-12(2)23(21-11)10-15-7-8-16(25-15)18(24)26-22-17(20)13-3-5-14(19)6-4-13/h3-9H,10H2,1-2H3,(H2,20,22). The van der Waals surface area contributed by atoms with E-state index in [4.69, 9.17) is 15.0 Å². The number of oxime groups is 1. The third-order valence-electron chi connectivity index (χ3n) is 3.64. The van der Waals surface area contributed by atoms with Gasteiger partial charge >= 0.3 is 5.97 Å². The van der Waals surface area contributed by atoms with Gasteiger partial charge in [-0.25, -0.2) is 9.18 Å². The van der Waals surface area contributed by atoms with Gasteiger partial charge in [-0.1, -0.05) is 5.16 Å². The third kappa shape index (κ3) is 3.97. The molecule has 0 atom stereocenters. The lowest BCUT2D eigenvalue weighted by Crippen LogP contribution is -2.15.